The molecule has 0 saturated heterocycles. The maximum atomic E-state index is 11.7. The molecule has 114 valence electrons. The van der Waals surface area contributed by atoms with Crippen molar-refractivity contribution >= 4 is 12.2 Å². The summed E-state index contributed by atoms with van der Waals surface area (Å²) in [5.41, 5.74) is 1.65. The monoisotopic (exact) mass is 297 g/mol. The lowest BCUT2D eigenvalue weighted by Crippen LogP contribution is -2.06. The molecule has 22 heavy (non-hydrogen) atoms. The number of esters is 1. The second-order valence-corrected chi connectivity index (χ2v) is 4.69. The average Bonchev–Trinajstić information content (AvgIpc) is 2.59. The largest absolute Gasteiger partial charge is 0.462 e. The van der Waals surface area contributed by atoms with Crippen molar-refractivity contribution < 1.29 is 14.4 Å². The quantitative estimate of drug-likeness (QED) is 0.322. The Kier molecular flexibility index (Phi) is 6.69. The topological polar surface area (TPSA) is 47.9 Å². The molecular weight excluding hydrogens is 278 g/mol. The van der Waals surface area contributed by atoms with E-state index in [1.165, 1.54) is 0 Å². The van der Waals surface area contributed by atoms with Crippen LogP contribution in [0.4, 0.5) is 0 Å². The van der Waals surface area contributed by atoms with Crippen molar-refractivity contribution in [3.8, 4) is 0 Å². The molecule has 0 bridgehead atoms. The molecule has 0 radical (unpaired) electrons. The molecule has 0 saturated carbocycles. The summed E-state index contributed by atoms with van der Waals surface area (Å²) in [6, 6.07) is 18.8. The van der Waals surface area contributed by atoms with Gasteiger partial charge in [0, 0.05) is 6.21 Å². The van der Waals surface area contributed by atoms with Crippen LogP contribution in [0.3, 0.4) is 0 Å². The highest BCUT2D eigenvalue weighted by Crippen LogP contribution is 2.02. The van der Waals surface area contributed by atoms with Crippen LogP contribution in [0, 0.1) is 0 Å². The number of oxime groups is 1. The minimum atomic E-state index is -0.294. The van der Waals surface area contributed by atoms with Crippen molar-refractivity contribution in [1.82, 2.24) is 0 Å². The van der Waals surface area contributed by atoms with Crippen LogP contribution in [-0.2, 0) is 16.2 Å². The molecule has 4 nitrogen and oxygen atoms in total. The van der Waals surface area contributed by atoms with Gasteiger partial charge in [0.25, 0.3) is 0 Å². The number of unbranched alkanes of at least 4 members (excludes halogenated alkanes) is 1. The molecule has 0 aromatic heterocycles. The van der Waals surface area contributed by atoms with Crippen LogP contribution < -0.4 is 0 Å². The number of hydrogen-bond acceptors (Lipinski definition) is 4. The number of carbonyl (C=O) groups excluding carboxylic acids is 1. The molecule has 0 atom stereocenters. The minimum Gasteiger partial charge on any atom is -0.462 e. The van der Waals surface area contributed by atoms with Crippen LogP contribution in [0.1, 0.15) is 28.8 Å². The Bertz CT molecular complexity index is 582. The van der Waals surface area contributed by atoms with Crippen molar-refractivity contribution in [3.63, 3.8) is 0 Å². The maximum absolute atomic E-state index is 11.7. The lowest BCUT2D eigenvalue weighted by Gasteiger charge is -2.03. The van der Waals surface area contributed by atoms with Crippen molar-refractivity contribution in [1.29, 1.82) is 0 Å². The van der Waals surface area contributed by atoms with Gasteiger partial charge in [-0.1, -0.05) is 53.7 Å². The summed E-state index contributed by atoms with van der Waals surface area (Å²) in [5.74, 6) is -0.294. The first kappa shape index (κ1) is 15.8. The van der Waals surface area contributed by atoms with E-state index in [1.54, 1.807) is 18.3 Å². The van der Waals surface area contributed by atoms with Gasteiger partial charge in [-0.3, -0.25) is 0 Å². The molecule has 0 amide bonds. The van der Waals surface area contributed by atoms with Crippen LogP contribution in [0.25, 0.3) is 0 Å². The van der Waals surface area contributed by atoms with Crippen molar-refractivity contribution in [2.45, 2.75) is 19.4 Å². The number of hydrogen-bond donors (Lipinski definition) is 0. The molecule has 0 N–H and O–H groups in total. The lowest BCUT2D eigenvalue weighted by molar-refractivity contribution is 0.0502. The van der Waals surface area contributed by atoms with E-state index in [1.807, 2.05) is 48.5 Å². The van der Waals surface area contributed by atoms with Gasteiger partial charge in [-0.25, -0.2) is 4.79 Å². The summed E-state index contributed by atoms with van der Waals surface area (Å²) in [5, 5.41) is 3.88. The number of benzene rings is 2. The summed E-state index contributed by atoms with van der Waals surface area (Å²) >= 11 is 0. The van der Waals surface area contributed by atoms with Crippen LogP contribution in [0.5, 0.6) is 0 Å². The van der Waals surface area contributed by atoms with Gasteiger partial charge in [-0.05, 0) is 30.5 Å². The Morgan fingerprint density at radius 2 is 1.68 bits per heavy atom. The van der Waals surface area contributed by atoms with Gasteiger partial charge in [0.1, 0.15) is 6.61 Å². The highest BCUT2D eigenvalue weighted by Gasteiger charge is 2.04. The van der Waals surface area contributed by atoms with Crippen LogP contribution in [-0.4, -0.2) is 18.8 Å². The highest BCUT2D eigenvalue weighted by atomic mass is 16.6. The van der Waals surface area contributed by atoms with E-state index in [4.69, 9.17) is 9.57 Å². The third kappa shape index (κ3) is 5.79. The van der Waals surface area contributed by atoms with Gasteiger partial charge < -0.3 is 9.57 Å². The minimum absolute atomic E-state index is 0.294. The van der Waals surface area contributed by atoms with Gasteiger partial charge in [0.2, 0.25) is 0 Å². The molecule has 4 heteroatoms. The standard InChI is InChI=1S/C18H19NO3/c20-18(17-11-5-2-6-12-17)21-14-8-7-13-19-22-15-16-9-3-1-4-10-16/h1-6,9-13H,7-8,14-15H2/b19-13+. The molecule has 2 aromatic carbocycles. The zero-order valence-electron chi connectivity index (χ0n) is 12.4. The molecule has 0 aliphatic carbocycles. The number of rotatable bonds is 8. The van der Waals surface area contributed by atoms with Gasteiger partial charge >= 0.3 is 5.97 Å². The number of nitrogens with zero attached hydrogens (tertiary/aromatic N) is 1. The maximum Gasteiger partial charge on any atom is 0.338 e. The van der Waals surface area contributed by atoms with Gasteiger partial charge in [0.15, 0.2) is 0 Å². The molecule has 2 rings (SSSR count). The van der Waals surface area contributed by atoms with Crippen LogP contribution in [0.2, 0.25) is 0 Å². The second-order valence-electron chi connectivity index (χ2n) is 4.69. The smallest absolute Gasteiger partial charge is 0.338 e. The predicted octanol–water partition coefficient (Wildman–Crippen LogP) is 3.83. The zero-order valence-corrected chi connectivity index (χ0v) is 12.4. The highest BCUT2D eigenvalue weighted by molar-refractivity contribution is 5.89. The van der Waals surface area contributed by atoms with E-state index in [0.29, 0.717) is 25.2 Å². The lowest BCUT2D eigenvalue weighted by atomic mass is 10.2. The predicted molar refractivity (Wildman–Crippen MR) is 85.7 cm³/mol. The molecule has 2 aromatic rings. The third-order valence-corrected chi connectivity index (χ3v) is 2.94. The fourth-order valence-corrected chi connectivity index (χ4v) is 1.79. The van der Waals surface area contributed by atoms with E-state index in [-0.39, 0.29) is 5.97 Å². The SMILES string of the molecule is O=C(OCCC/C=N/OCc1ccccc1)c1ccccc1. The first-order valence-electron chi connectivity index (χ1n) is 7.26. The number of carbonyl (C=O) groups is 1. The molecule has 0 heterocycles. The van der Waals surface area contributed by atoms with E-state index >= 15 is 0 Å². The van der Waals surface area contributed by atoms with E-state index in [9.17, 15) is 4.79 Å². The van der Waals surface area contributed by atoms with E-state index < -0.39 is 0 Å². The summed E-state index contributed by atoms with van der Waals surface area (Å²) in [6.45, 7) is 0.832. The van der Waals surface area contributed by atoms with Gasteiger partial charge in [-0.15, -0.1) is 0 Å². The number of ether oxygens (including phenoxy) is 1. The molecule has 0 unspecified atom stereocenters. The molecule has 0 spiro atoms. The molecular formula is C18H19NO3. The Hall–Kier alpha value is -2.62. The molecule has 0 fully saturated rings. The van der Waals surface area contributed by atoms with Crippen LogP contribution >= 0.6 is 0 Å². The average molecular weight is 297 g/mol. The summed E-state index contributed by atoms with van der Waals surface area (Å²) in [6.07, 6.45) is 3.12. The van der Waals surface area contributed by atoms with E-state index in [0.717, 1.165) is 12.0 Å². The van der Waals surface area contributed by atoms with E-state index in [2.05, 4.69) is 5.16 Å². The van der Waals surface area contributed by atoms with Gasteiger partial charge in [-0.2, -0.15) is 0 Å². The first-order chi connectivity index (χ1) is 10.9. The fourth-order valence-electron chi connectivity index (χ4n) is 1.79. The zero-order chi connectivity index (χ0) is 15.5. The van der Waals surface area contributed by atoms with Crippen molar-refractivity contribution in [2.24, 2.45) is 5.16 Å². The molecule has 0 aliphatic heterocycles. The van der Waals surface area contributed by atoms with Crippen molar-refractivity contribution in [3.05, 3.63) is 71.8 Å². The Morgan fingerprint density at radius 3 is 2.41 bits per heavy atom. The van der Waals surface area contributed by atoms with Gasteiger partial charge in [0.05, 0.1) is 12.2 Å². The summed E-state index contributed by atoms with van der Waals surface area (Å²) in [7, 11) is 0. The summed E-state index contributed by atoms with van der Waals surface area (Å²) < 4.78 is 5.16. The Balaban J connectivity index is 1.54. The Labute approximate surface area is 130 Å². The van der Waals surface area contributed by atoms with Crippen molar-refractivity contribution in [2.75, 3.05) is 6.61 Å². The summed E-state index contributed by atoms with van der Waals surface area (Å²) in [4.78, 5) is 16.8. The molecule has 0 aliphatic rings. The fraction of sp³-hybridized carbons (Fsp3) is 0.222. The second kappa shape index (κ2) is 9.34. The normalized spacial score (nSPS) is 10.5. The third-order valence-electron chi connectivity index (χ3n) is 2.94. The van der Waals surface area contributed by atoms with Crippen LogP contribution in [0.15, 0.2) is 65.8 Å². The first-order valence-corrected chi connectivity index (χ1v) is 7.26. The Morgan fingerprint density at radius 1 is 1.00 bits per heavy atom.